The summed E-state index contributed by atoms with van der Waals surface area (Å²) >= 11 is 6.89. The van der Waals surface area contributed by atoms with Gasteiger partial charge in [-0.1, -0.05) is 50.1 Å². The lowest BCUT2D eigenvalue weighted by atomic mass is 10.0. The Hall–Kier alpha value is -1.11. The summed E-state index contributed by atoms with van der Waals surface area (Å²) in [6, 6.07) is 15.8. The average molecular weight is 337 g/mol. The van der Waals surface area contributed by atoms with Crippen molar-refractivity contribution in [3.63, 3.8) is 0 Å². The minimum Gasteiger partial charge on any atom is -0.192 e. The maximum Gasteiger partial charge on any atom is 0.0998 e. The van der Waals surface area contributed by atoms with Crippen LogP contribution in [-0.2, 0) is 0 Å². The van der Waals surface area contributed by atoms with Crippen molar-refractivity contribution in [3.05, 3.63) is 57.0 Å². The highest BCUT2D eigenvalue weighted by molar-refractivity contribution is 9.11. The fourth-order valence-corrected chi connectivity index (χ4v) is 2.84. The molecule has 0 aliphatic rings. The summed E-state index contributed by atoms with van der Waals surface area (Å²) in [5.41, 5.74) is 2.66. The van der Waals surface area contributed by atoms with E-state index < -0.39 is 0 Å². The molecule has 2 aromatic rings. The van der Waals surface area contributed by atoms with Crippen LogP contribution in [-0.4, -0.2) is 0 Å². The Balaban J connectivity index is 2.63. The van der Waals surface area contributed by atoms with Crippen LogP contribution in [0.1, 0.15) is 5.56 Å². The zero-order valence-electron chi connectivity index (χ0n) is 8.24. The molecule has 0 N–H and O–H groups in total. The van der Waals surface area contributed by atoms with Gasteiger partial charge in [0.15, 0.2) is 0 Å². The van der Waals surface area contributed by atoms with E-state index >= 15 is 0 Å². The second kappa shape index (κ2) is 4.82. The summed E-state index contributed by atoms with van der Waals surface area (Å²) in [7, 11) is 0. The molecule has 16 heavy (non-hydrogen) atoms. The molecule has 0 aromatic heterocycles. The Morgan fingerprint density at radius 3 is 2.19 bits per heavy atom. The Kier molecular flexibility index (Phi) is 3.42. The third kappa shape index (κ3) is 2.34. The van der Waals surface area contributed by atoms with Crippen molar-refractivity contribution in [3.8, 4) is 17.2 Å². The lowest BCUT2D eigenvalue weighted by Gasteiger charge is -2.05. The van der Waals surface area contributed by atoms with Gasteiger partial charge in [-0.05, 0) is 35.4 Å². The van der Waals surface area contributed by atoms with Gasteiger partial charge < -0.3 is 0 Å². The SMILES string of the molecule is N#Cc1ccccc1-c1cc(Br)cc(Br)c1. The summed E-state index contributed by atoms with van der Waals surface area (Å²) in [6.45, 7) is 0. The maximum atomic E-state index is 9.04. The van der Waals surface area contributed by atoms with Gasteiger partial charge in [-0.25, -0.2) is 0 Å². The first kappa shape index (κ1) is 11.4. The largest absolute Gasteiger partial charge is 0.192 e. The molecule has 0 unspecified atom stereocenters. The van der Waals surface area contributed by atoms with E-state index in [9.17, 15) is 0 Å². The number of hydrogen-bond donors (Lipinski definition) is 0. The van der Waals surface area contributed by atoms with E-state index in [1.54, 1.807) is 0 Å². The molecule has 0 spiro atoms. The van der Waals surface area contributed by atoms with Crippen molar-refractivity contribution < 1.29 is 0 Å². The number of nitrogens with zero attached hydrogens (tertiary/aromatic N) is 1. The number of nitriles is 1. The quantitative estimate of drug-likeness (QED) is 0.737. The molecule has 78 valence electrons. The van der Waals surface area contributed by atoms with Crippen LogP contribution in [0.5, 0.6) is 0 Å². The zero-order chi connectivity index (χ0) is 11.5. The first-order valence-corrected chi connectivity index (χ1v) is 6.25. The van der Waals surface area contributed by atoms with Crippen molar-refractivity contribution >= 4 is 31.9 Å². The topological polar surface area (TPSA) is 23.8 Å². The second-order valence-electron chi connectivity index (χ2n) is 3.32. The van der Waals surface area contributed by atoms with Crippen LogP contribution in [0, 0.1) is 11.3 Å². The monoisotopic (exact) mass is 335 g/mol. The van der Waals surface area contributed by atoms with E-state index in [2.05, 4.69) is 37.9 Å². The molecule has 0 heterocycles. The molecule has 0 bridgehead atoms. The maximum absolute atomic E-state index is 9.04. The predicted octanol–water partition coefficient (Wildman–Crippen LogP) is 4.75. The fraction of sp³-hybridized carbons (Fsp3) is 0. The van der Waals surface area contributed by atoms with Gasteiger partial charge in [-0.2, -0.15) is 5.26 Å². The number of rotatable bonds is 1. The molecule has 0 saturated heterocycles. The molecule has 2 rings (SSSR count). The van der Waals surface area contributed by atoms with Crippen molar-refractivity contribution in [2.24, 2.45) is 0 Å². The molecule has 0 aliphatic carbocycles. The van der Waals surface area contributed by atoms with Gasteiger partial charge in [0.1, 0.15) is 0 Å². The van der Waals surface area contributed by atoms with Gasteiger partial charge >= 0.3 is 0 Å². The van der Waals surface area contributed by atoms with Gasteiger partial charge in [0.25, 0.3) is 0 Å². The third-order valence-corrected chi connectivity index (χ3v) is 3.14. The summed E-state index contributed by atoms with van der Waals surface area (Å²) in [4.78, 5) is 0. The summed E-state index contributed by atoms with van der Waals surface area (Å²) in [6.07, 6.45) is 0. The number of hydrogen-bond acceptors (Lipinski definition) is 1. The van der Waals surface area contributed by atoms with Crippen LogP contribution >= 0.6 is 31.9 Å². The van der Waals surface area contributed by atoms with E-state index in [1.807, 2.05) is 42.5 Å². The van der Waals surface area contributed by atoms with E-state index in [0.717, 1.165) is 20.1 Å². The number of benzene rings is 2. The molecular weight excluding hydrogens is 330 g/mol. The molecule has 1 nitrogen and oxygen atoms in total. The van der Waals surface area contributed by atoms with Gasteiger partial charge in [0.2, 0.25) is 0 Å². The van der Waals surface area contributed by atoms with Crippen molar-refractivity contribution in [2.45, 2.75) is 0 Å². The van der Waals surface area contributed by atoms with Crippen LogP contribution in [0.25, 0.3) is 11.1 Å². The number of halogens is 2. The minimum atomic E-state index is 0.688. The highest BCUT2D eigenvalue weighted by atomic mass is 79.9. The highest BCUT2D eigenvalue weighted by Crippen LogP contribution is 2.29. The highest BCUT2D eigenvalue weighted by Gasteiger charge is 2.05. The Labute approximate surface area is 111 Å². The second-order valence-corrected chi connectivity index (χ2v) is 5.15. The first-order valence-electron chi connectivity index (χ1n) is 4.66. The lowest BCUT2D eigenvalue weighted by Crippen LogP contribution is -1.84. The summed E-state index contributed by atoms with van der Waals surface area (Å²) < 4.78 is 1.98. The molecule has 2 aromatic carbocycles. The standard InChI is InChI=1S/C13H7Br2N/c14-11-5-10(6-12(15)7-11)13-4-2-1-3-9(13)8-16/h1-7H. The Morgan fingerprint density at radius 1 is 0.938 bits per heavy atom. The first-order chi connectivity index (χ1) is 7.70. The smallest absolute Gasteiger partial charge is 0.0998 e. The third-order valence-electron chi connectivity index (χ3n) is 2.22. The predicted molar refractivity (Wildman–Crippen MR) is 72.0 cm³/mol. The molecule has 0 fully saturated rings. The Bertz CT molecular complexity index is 550. The minimum absolute atomic E-state index is 0.688. The summed E-state index contributed by atoms with van der Waals surface area (Å²) in [5.74, 6) is 0. The van der Waals surface area contributed by atoms with Gasteiger partial charge in [0.05, 0.1) is 11.6 Å². The van der Waals surface area contributed by atoms with Crippen LogP contribution in [0.3, 0.4) is 0 Å². The van der Waals surface area contributed by atoms with Crippen LogP contribution in [0.15, 0.2) is 51.4 Å². The molecule has 0 amide bonds. The van der Waals surface area contributed by atoms with Crippen LogP contribution < -0.4 is 0 Å². The molecule has 0 saturated carbocycles. The van der Waals surface area contributed by atoms with Gasteiger partial charge in [-0.15, -0.1) is 0 Å². The molecule has 3 heteroatoms. The average Bonchev–Trinajstić information content (AvgIpc) is 2.27. The molecule has 0 atom stereocenters. The van der Waals surface area contributed by atoms with E-state index in [0.29, 0.717) is 5.56 Å². The van der Waals surface area contributed by atoms with Crippen LogP contribution in [0.4, 0.5) is 0 Å². The van der Waals surface area contributed by atoms with Gasteiger partial charge in [0, 0.05) is 8.95 Å². The van der Waals surface area contributed by atoms with E-state index in [4.69, 9.17) is 5.26 Å². The van der Waals surface area contributed by atoms with Crippen molar-refractivity contribution in [1.29, 1.82) is 5.26 Å². The van der Waals surface area contributed by atoms with Gasteiger partial charge in [-0.3, -0.25) is 0 Å². The molecule has 0 radical (unpaired) electrons. The van der Waals surface area contributed by atoms with E-state index in [1.165, 1.54) is 0 Å². The molecular formula is C13H7Br2N. The van der Waals surface area contributed by atoms with Crippen molar-refractivity contribution in [2.75, 3.05) is 0 Å². The molecule has 0 aliphatic heterocycles. The summed E-state index contributed by atoms with van der Waals surface area (Å²) in [5, 5.41) is 9.04. The normalized spacial score (nSPS) is 9.81. The van der Waals surface area contributed by atoms with E-state index in [-0.39, 0.29) is 0 Å². The van der Waals surface area contributed by atoms with Crippen molar-refractivity contribution in [1.82, 2.24) is 0 Å². The zero-order valence-corrected chi connectivity index (χ0v) is 11.4. The Morgan fingerprint density at radius 2 is 1.56 bits per heavy atom. The lowest BCUT2D eigenvalue weighted by molar-refractivity contribution is 1.47. The fourth-order valence-electron chi connectivity index (χ4n) is 1.54. The van der Waals surface area contributed by atoms with Crippen LogP contribution in [0.2, 0.25) is 0 Å².